The second kappa shape index (κ2) is 8.77. The molecule has 0 bridgehead atoms. The second-order valence-electron chi connectivity index (χ2n) is 6.86. The van der Waals surface area contributed by atoms with Crippen LogP contribution in [0.5, 0.6) is 11.5 Å². The summed E-state index contributed by atoms with van der Waals surface area (Å²) < 4.78 is 16.4. The Morgan fingerprint density at radius 2 is 1.75 bits per heavy atom. The molecule has 1 saturated heterocycles. The fourth-order valence-electron chi connectivity index (χ4n) is 3.46. The predicted molar refractivity (Wildman–Crippen MR) is 110 cm³/mol. The lowest BCUT2D eigenvalue weighted by molar-refractivity contribution is 0.121. The van der Waals surface area contributed by atoms with Crippen molar-refractivity contribution in [3.05, 3.63) is 53.2 Å². The zero-order valence-electron chi connectivity index (χ0n) is 16.3. The van der Waals surface area contributed by atoms with E-state index in [1.807, 2.05) is 23.6 Å². The first kappa shape index (κ1) is 19.0. The monoisotopic (exact) mass is 399 g/mol. The molecule has 3 heterocycles. The molecule has 1 aliphatic rings. The third kappa shape index (κ3) is 4.38. The Kier molecular flexibility index (Phi) is 5.95. The van der Waals surface area contributed by atoms with E-state index in [0.717, 1.165) is 67.2 Å². The minimum Gasteiger partial charge on any atom is -0.493 e. The van der Waals surface area contributed by atoms with E-state index in [1.165, 1.54) is 5.56 Å². The van der Waals surface area contributed by atoms with Crippen molar-refractivity contribution in [1.82, 2.24) is 14.8 Å². The SMILES string of the molecule is COc1ccc(CN2CCN(Cc3coc(-c4cccs4)n3)CC2)cc1OC. The molecule has 0 saturated carbocycles. The van der Waals surface area contributed by atoms with E-state index in [2.05, 4.69) is 26.9 Å². The van der Waals surface area contributed by atoms with Gasteiger partial charge in [0, 0.05) is 39.3 Å². The summed E-state index contributed by atoms with van der Waals surface area (Å²) in [5, 5.41) is 2.04. The molecule has 1 aromatic carbocycles. The van der Waals surface area contributed by atoms with Crippen molar-refractivity contribution in [3.8, 4) is 22.3 Å². The van der Waals surface area contributed by atoms with Crippen molar-refractivity contribution >= 4 is 11.3 Å². The van der Waals surface area contributed by atoms with Gasteiger partial charge in [0.15, 0.2) is 11.5 Å². The van der Waals surface area contributed by atoms with Crippen LogP contribution in [0.2, 0.25) is 0 Å². The fraction of sp³-hybridized carbons (Fsp3) is 0.381. The van der Waals surface area contributed by atoms with Gasteiger partial charge in [-0.2, -0.15) is 0 Å². The average Bonchev–Trinajstić information content (AvgIpc) is 3.41. The van der Waals surface area contributed by atoms with Gasteiger partial charge in [-0.15, -0.1) is 11.3 Å². The van der Waals surface area contributed by atoms with Gasteiger partial charge in [0.05, 0.1) is 24.8 Å². The molecule has 1 aliphatic heterocycles. The van der Waals surface area contributed by atoms with Crippen molar-refractivity contribution < 1.29 is 13.9 Å². The first-order valence-electron chi connectivity index (χ1n) is 9.39. The number of benzene rings is 1. The van der Waals surface area contributed by atoms with Crippen LogP contribution in [0, 0.1) is 0 Å². The highest BCUT2D eigenvalue weighted by molar-refractivity contribution is 7.13. The molecule has 0 aliphatic carbocycles. The molecule has 28 heavy (non-hydrogen) atoms. The number of ether oxygens (including phenoxy) is 2. The maximum absolute atomic E-state index is 5.63. The summed E-state index contributed by atoms with van der Waals surface area (Å²) >= 11 is 1.65. The molecule has 0 radical (unpaired) electrons. The molecule has 0 unspecified atom stereocenters. The number of hydrogen-bond donors (Lipinski definition) is 0. The molecule has 0 N–H and O–H groups in total. The van der Waals surface area contributed by atoms with Crippen LogP contribution < -0.4 is 9.47 Å². The molecule has 1 fully saturated rings. The standard InChI is InChI=1S/C21H25N3O3S/c1-25-18-6-5-16(12-19(18)26-2)13-23-7-9-24(10-8-23)14-17-15-27-21(22-17)20-4-3-11-28-20/h3-6,11-12,15H,7-10,13-14H2,1-2H3. The summed E-state index contributed by atoms with van der Waals surface area (Å²) in [5.74, 6) is 2.27. The van der Waals surface area contributed by atoms with Gasteiger partial charge in [0.25, 0.3) is 0 Å². The van der Waals surface area contributed by atoms with E-state index in [1.54, 1.807) is 31.8 Å². The lowest BCUT2D eigenvalue weighted by Gasteiger charge is -2.34. The van der Waals surface area contributed by atoms with Gasteiger partial charge in [-0.25, -0.2) is 4.98 Å². The van der Waals surface area contributed by atoms with Crippen molar-refractivity contribution in [3.63, 3.8) is 0 Å². The third-order valence-corrected chi connectivity index (χ3v) is 5.85. The molecule has 7 heteroatoms. The van der Waals surface area contributed by atoms with Crippen LogP contribution in [-0.2, 0) is 13.1 Å². The van der Waals surface area contributed by atoms with Crippen molar-refractivity contribution in [1.29, 1.82) is 0 Å². The number of piperazine rings is 1. The quantitative estimate of drug-likeness (QED) is 0.603. The Balaban J connectivity index is 1.29. The molecule has 4 rings (SSSR count). The maximum atomic E-state index is 5.63. The van der Waals surface area contributed by atoms with E-state index in [9.17, 15) is 0 Å². The predicted octanol–water partition coefficient (Wildman–Crippen LogP) is 3.74. The second-order valence-corrected chi connectivity index (χ2v) is 7.81. The lowest BCUT2D eigenvalue weighted by Crippen LogP contribution is -2.45. The van der Waals surface area contributed by atoms with Gasteiger partial charge in [0.1, 0.15) is 6.26 Å². The summed E-state index contributed by atoms with van der Waals surface area (Å²) in [6.07, 6.45) is 1.78. The van der Waals surface area contributed by atoms with E-state index in [-0.39, 0.29) is 0 Å². The fourth-order valence-corrected chi connectivity index (χ4v) is 4.12. The van der Waals surface area contributed by atoms with Crippen LogP contribution in [0.15, 0.2) is 46.4 Å². The van der Waals surface area contributed by atoms with Crippen LogP contribution >= 0.6 is 11.3 Å². The molecule has 2 aromatic heterocycles. The average molecular weight is 400 g/mol. The summed E-state index contributed by atoms with van der Waals surface area (Å²) in [5.41, 5.74) is 2.24. The molecule has 148 valence electrons. The van der Waals surface area contributed by atoms with Crippen LogP contribution in [0.3, 0.4) is 0 Å². The van der Waals surface area contributed by atoms with Crippen LogP contribution in [0.1, 0.15) is 11.3 Å². The van der Waals surface area contributed by atoms with E-state index < -0.39 is 0 Å². The Morgan fingerprint density at radius 3 is 2.43 bits per heavy atom. The topological polar surface area (TPSA) is 51.0 Å². The number of rotatable bonds is 7. The van der Waals surface area contributed by atoms with Crippen molar-refractivity contribution in [2.45, 2.75) is 13.1 Å². The summed E-state index contributed by atoms with van der Waals surface area (Å²) in [4.78, 5) is 10.6. The molecular weight excluding hydrogens is 374 g/mol. The van der Waals surface area contributed by atoms with E-state index >= 15 is 0 Å². The van der Waals surface area contributed by atoms with E-state index in [0.29, 0.717) is 0 Å². The first-order valence-corrected chi connectivity index (χ1v) is 10.3. The summed E-state index contributed by atoms with van der Waals surface area (Å²) in [6.45, 7) is 5.86. The number of methoxy groups -OCH3 is 2. The number of aromatic nitrogens is 1. The molecular formula is C21H25N3O3S. The molecule has 0 spiro atoms. The number of nitrogens with zero attached hydrogens (tertiary/aromatic N) is 3. The summed E-state index contributed by atoms with van der Waals surface area (Å²) in [6, 6.07) is 10.2. The van der Waals surface area contributed by atoms with Crippen molar-refractivity contribution in [2.75, 3.05) is 40.4 Å². The number of hydrogen-bond acceptors (Lipinski definition) is 7. The molecule has 6 nitrogen and oxygen atoms in total. The Hall–Kier alpha value is -2.35. The number of oxazole rings is 1. The van der Waals surface area contributed by atoms with Gasteiger partial charge in [-0.05, 0) is 29.1 Å². The smallest absolute Gasteiger partial charge is 0.236 e. The van der Waals surface area contributed by atoms with Gasteiger partial charge in [0.2, 0.25) is 5.89 Å². The van der Waals surface area contributed by atoms with Gasteiger partial charge in [-0.1, -0.05) is 12.1 Å². The van der Waals surface area contributed by atoms with Gasteiger partial charge in [-0.3, -0.25) is 9.80 Å². The number of thiophene rings is 1. The molecule has 0 atom stereocenters. The third-order valence-electron chi connectivity index (χ3n) is 4.99. The van der Waals surface area contributed by atoms with Crippen LogP contribution in [0.25, 0.3) is 10.8 Å². The highest BCUT2D eigenvalue weighted by atomic mass is 32.1. The highest BCUT2D eigenvalue weighted by Crippen LogP contribution is 2.28. The molecule has 0 amide bonds. The first-order chi connectivity index (χ1) is 13.7. The zero-order valence-corrected chi connectivity index (χ0v) is 17.1. The van der Waals surface area contributed by atoms with Crippen LogP contribution in [-0.4, -0.2) is 55.2 Å². The maximum Gasteiger partial charge on any atom is 0.236 e. The molecule has 3 aromatic rings. The normalized spacial score (nSPS) is 15.6. The van der Waals surface area contributed by atoms with Crippen molar-refractivity contribution in [2.24, 2.45) is 0 Å². The minimum absolute atomic E-state index is 0.720. The van der Waals surface area contributed by atoms with Gasteiger partial charge < -0.3 is 13.9 Å². The minimum atomic E-state index is 0.720. The lowest BCUT2D eigenvalue weighted by atomic mass is 10.1. The largest absolute Gasteiger partial charge is 0.493 e. The highest BCUT2D eigenvalue weighted by Gasteiger charge is 2.19. The Bertz CT molecular complexity index is 886. The Labute approximate surface area is 169 Å². The zero-order chi connectivity index (χ0) is 19.3. The van der Waals surface area contributed by atoms with Crippen LogP contribution in [0.4, 0.5) is 0 Å². The van der Waals surface area contributed by atoms with E-state index in [4.69, 9.17) is 13.9 Å². The van der Waals surface area contributed by atoms with Gasteiger partial charge >= 0.3 is 0 Å². The summed E-state index contributed by atoms with van der Waals surface area (Å²) in [7, 11) is 3.34. The Morgan fingerprint density at radius 1 is 1.00 bits per heavy atom.